The summed E-state index contributed by atoms with van der Waals surface area (Å²) >= 11 is 0. The average molecular weight is 336 g/mol. The van der Waals surface area contributed by atoms with E-state index in [1.54, 1.807) is 29.2 Å². The normalized spacial score (nSPS) is 14.9. The van der Waals surface area contributed by atoms with Gasteiger partial charge in [0.15, 0.2) is 0 Å². The van der Waals surface area contributed by atoms with Gasteiger partial charge in [-0.2, -0.15) is 13.2 Å². The molecule has 1 fully saturated rings. The van der Waals surface area contributed by atoms with Crippen LogP contribution in [0.15, 0.2) is 48.7 Å². The van der Waals surface area contributed by atoms with Crippen molar-refractivity contribution in [2.75, 3.05) is 23.3 Å². The molecule has 0 aliphatic carbocycles. The highest BCUT2D eigenvalue weighted by Gasteiger charge is 2.33. The van der Waals surface area contributed by atoms with Gasteiger partial charge in [-0.1, -0.05) is 18.2 Å². The van der Waals surface area contributed by atoms with E-state index < -0.39 is 11.7 Å². The van der Waals surface area contributed by atoms with E-state index in [0.29, 0.717) is 18.8 Å². The molecule has 126 valence electrons. The number of aromatic nitrogens is 1. The lowest BCUT2D eigenvalue weighted by atomic mass is 10.1. The monoisotopic (exact) mass is 336 g/mol. The number of nitrogens with one attached hydrogen (secondary N) is 2. The third-order valence-corrected chi connectivity index (χ3v) is 3.65. The molecule has 1 saturated heterocycles. The molecule has 2 heterocycles. The number of benzene rings is 1. The molecule has 1 aliphatic rings. The van der Waals surface area contributed by atoms with Crippen molar-refractivity contribution in [2.45, 2.75) is 12.2 Å². The molecule has 1 aliphatic heterocycles. The van der Waals surface area contributed by atoms with Crippen LogP contribution < -0.4 is 15.5 Å². The first-order chi connectivity index (χ1) is 11.4. The third-order valence-electron chi connectivity index (χ3n) is 3.65. The van der Waals surface area contributed by atoms with Gasteiger partial charge in [0.25, 0.3) is 0 Å². The van der Waals surface area contributed by atoms with E-state index in [9.17, 15) is 18.0 Å². The quantitative estimate of drug-likeness (QED) is 0.905. The Hall–Kier alpha value is -2.77. The fourth-order valence-electron chi connectivity index (χ4n) is 2.40. The minimum Gasteiger partial charge on any atom is -0.352 e. The minimum atomic E-state index is -4.39. The number of carbonyl (C=O) groups excluding carboxylic acids is 1. The van der Waals surface area contributed by atoms with Gasteiger partial charge in [0, 0.05) is 25.0 Å². The van der Waals surface area contributed by atoms with Crippen LogP contribution in [0.3, 0.4) is 0 Å². The Bertz CT molecular complexity index is 715. The van der Waals surface area contributed by atoms with Gasteiger partial charge in [0.05, 0.1) is 11.6 Å². The van der Waals surface area contributed by atoms with Crippen molar-refractivity contribution in [2.24, 2.45) is 0 Å². The number of carbonyl (C=O) groups is 1. The molecule has 0 spiro atoms. The van der Waals surface area contributed by atoms with Crippen LogP contribution in [-0.2, 0) is 6.18 Å². The molecule has 2 N–H and O–H groups in total. The number of hydrogen-bond acceptors (Lipinski definition) is 3. The number of rotatable bonds is 3. The van der Waals surface area contributed by atoms with Crippen molar-refractivity contribution in [1.82, 2.24) is 10.3 Å². The molecule has 0 radical (unpaired) electrons. The maximum Gasteiger partial charge on any atom is 0.416 e. The van der Waals surface area contributed by atoms with Crippen LogP contribution in [0.25, 0.3) is 0 Å². The summed E-state index contributed by atoms with van der Waals surface area (Å²) in [6.07, 6.45) is -3.25. The van der Waals surface area contributed by atoms with E-state index in [1.165, 1.54) is 0 Å². The van der Waals surface area contributed by atoms with Gasteiger partial charge in [0.2, 0.25) is 0 Å². The summed E-state index contributed by atoms with van der Waals surface area (Å²) < 4.78 is 38.1. The summed E-state index contributed by atoms with van der Waals surface area (Å²) in [5.41, 5.74) is -0.0588. The van der Waals surface area contributed by atoms with Gasteiger partial charge in [-0.25, -0.2) is 9.78 Å². The topological polar surface area (TPSA) is 57.3 Å². The molecule has 24 heavy (non-hydrogen) atoms. The lowest BCUT2D eigenvalue weighted by Crippen LogP contribution is -2.60. The lowest BCUT2D eigenvalue weighted by Gasteiger charge is -2.40. The first kappa shape index (κ1) is 16.1. The Balaban J connectivity index is 1.52. The lowest BCUT2D eigenvalue weighted by molar-refractivity contribution is -0.137. The van der Waals surface area contributed by atoms with Crippen molar-refractivity contribution in [1.29, 1.82) is 0 Å². The van der Waals surface area contributed by atoms with Crippen LogP contribution in [0.4, 0.5) is 29.5 Å². The molecule has 1 aromatic heterocycles. The summed E-state index contributed by atoms with van der Waals surface area (Å²) in [4.78, 5) is 17.5. The maximum atomic E-state index is 12.7. The third kappa shape index (κ3) is 3.76. The van der Waals surface area contributed by atoms with Crippen LogP contribution in [0.2, 0.25) is 0 Å². The van der Waals surface area contributed by atoms with Crippen molar-refractivity contribution in [3.63, 3.8) is 0 Å². The Morgan fingerprint density at radius 3 is 2.54 bits per heavy atom. The SMILES string of the molecule is O=C(Nc1ccccc1)NC1CN(c2cc(C(F)(F)F)ccn2)C1. The molecule has 0 saturated carbocycles. The number of amides is 2. The summed E-state index contributed by atoms with van der Waals surface area (Å²) in [7, 11) is 0. The van der Waals surface area contributed by atoms with Gasteiger partial charge in [-0.15, -0.1) is 0 Å². The second-order valence-electron chi connectivity index (χ2n) is 5.47. The Morgan fingerprint density at radius 1 is 1.17 bits per heavy atom. The highest BCUT2D eigenvalue weighted by Crippen LogP contribution is 2.31. The fraction of sp³-hybridized carbons (Fsp3) is 0.250. The smallest absolute Gasteiger partial charge is 0.352 e. The van der Waals surface area contributed by atoms with Crippen LogP contribution in [0, 0.1) is 0 Å². The molecule has 1 aromatic carbocycles. The summed E-state index contributed by atoms with van der Waals surface area (Å²) in [6.45, 7) is 0.826. The predicted molar refractivity (Wildman–Crippen MR) is 83.8 cm³/mol. The van der Waals surface area contributed by atoms with Crippen molar-refractivity contribution in [3.05, 3.63) is 54.2 Å². The van der Waals surface area contributed by atoms with Gasteiger partial charge in [-0.05, 0) is 24.3 Å². The zero-order valence-corrected chi connectivity index (χ0v) is 12.5. The number of nitrogens with zero attached hydrogens (tertiary/aromatic N) is 2. The van der Waals surface area contributed by atoms with Crippen molar-refractivity contribution in [3.8, 4) is 0 Å². The van der Waals surface area contributed by atoms with Gasteiger partial charge >= 0.3 is 12.2 Å². The second-order valence-corrected chi connectivity index (χ2v) is 5.47. The van der Waals surface area contributed by atoms with Crippen LogP contribution in [-0.4, -0.2) is 30.1 Å². The van der Waals surface area contributed by atoms with E-state index in [1.807, 2.05) is 6.07 Å². The second kappa shape index (κ2) is 6.38. The van der Waals surface area contributed by atoms with E-state index in [4.69, 9.17) is 0 Å². The van der Waals surface area contributed by atoms with Crippen LogP contribution in [0.1, 0.15) is 5.56 Å². The highest BCUT2D eigenvalue weighted by molar-refractivity contribution is 5.89. The largest absolute Gasteiger partial charge is 0.416 e. The summed E-state index contributed by atoms with van der Waals surface area (Å²) in [5.74, 6) is 0.256. The Morgan fingerprint density at radius 2 is 1.88 bits per heavy atom. The first-order valence-electron chi connectivity index (χ1n) is 7.32. The number of urea groups is 1. The van der Waals surface area contributed by atoms with E-state index >= 15 is 0 Å². The zero-order valence-electron chi connectivity index (χ0n) is 12.5. The molecule has 0 unspecified atom stereocenters. The molecule has 2 amide bonds. The van der Waals surface area contributed by atoms with E-state index in [0.717, 1.165) is 18.3 Å². The maximum absolute atomic E-state index is 12.7. The fourth-order valence-corrected chi connectivity index (χ4v) is 2.40. The Labute approximate surface area is 136 Å². The summed E-state index contributed by atoms with van der Waals surface area (Å²) in [6, 6.07) is 10.5. The molecule has 0 bridgehead atoms. The Kier molecular flexibility index (Phi) is 4.28. The molecular formula is C16H15F3N4O. The van der Waals surface area contributed by atoms with Gasteiger partial charge in [0.1, 0.15) is 5.82 Å². The number of para-hydroxylation sites is 1. The number of hydrogen-bond donors (Lipinski definition) is 2. The number of alkyl halides is 3. The first-order valence-corrected chi connectivity index (χ1v) is 7.32. The molecule has 0 atom stereocenters. The molecule has 3 rings (SSSR count). The highest BCUT2D eigenvalue weighted by atomic mass is 19.4. The van der Waals surface area contributed by atoms with Gasteiger partial charge < -0.3 is 15.5 Å². The summed E-state index contributed by atoms with van der Waals surface area (Å²) in [5, 5.41) is 5.46. The molecule has 2 aromatic rings. The average Bonchev–Trinajstić information content (AvgIpc) is 2.51. The number of halogens is 3. The zero-order chi connectivity index (χ0) is 17.2. The predicted octanol–water partition coefficient (Wildman–Crippen LogP) is 3.11. The van der Waals surface area contributed by atoms with Crippen molar-refractivity contribution < 1.29 is 18.0 Å². The molecular weight excluding hydrogens is 321 g/mol. The minimum absolute atomic E-state index is 0.134. The van der Waals surface area contributed by atoms with E-state index in [-0.39, 0.29) is 17.9 Å². The van der Waals surface area contributed by atoms with Crippen LogP contribution >= 0.6 is 0 Å². The molecule has 8 heteroatoms. The number of pyridine rings is 1. The van der Waals surface area contributed by atoms with E-state index in [2.05, 4.69) is 15.6 Å². The van der Waals surface area contributed by atoms with Gasteiger partial charge in [-0.3, -0.25) is 0 Å². The molecule has 5 nitrogen and oxygen atoms in total. The number of anilines is 2. The standard InChI is InChI=1S/C16H15F3N4O/c17-16(18,19)11-6-7-20-14(8-11)23-9-13(10-23)22-15(24)21-12-4-2-1-3-5-12/h1-8,13H,9-10H2,(H2,21,22,24). The van der Waals surface area contributed by atoms with Crippen LogP contribution in [0.5, 0.6) is 0 Å². The van der Waals surface area contributed by atoms with Crippen molar-refractivity contribution >= 4 is 17.5 Å².